The average Bonchev–Trinajstić information content (AvgIpc) is 2.55. The summed E-state index contributed by atoms with van der Waals surface area (Å²) < 4.78 is 33.5. The molecule has 1 N–H and O–H groups in total. The maximum absolute atomic E-state index is 12.4. The van der Waals surface area contributed by atoms with Crippen LogP contribution in [0.2, 0.25) is 5.02 Å². The number of sulfone groups is 1. The van der Waals surface area contributed by atoms with Crippen molar-refractivity contribution < 1.29 is 22.7 Å². The van der Waals surface area contributed by atoms with Gasteiger partial charge in [0.05, 0.1) is 29.8 Å². The van der Waals surface area contributed by atoms with Gasteiger partial charge in [0, 0.05) is 24.0 Å². The molecule has 0 aliphatic carbocycles. The molecular weight excluding hydrogens is 354 g/mol. The number of carbonyl (C=O) groups is 1. The third-order valence-electron chi connectivity index (χ3n) is 3.25. The third kappa shape index (κ3) is 3.98. The molecule has 128 valence electrons. The van der Waals surface area contributed by atoms with Crippen molar-refractivity contribution in [1.29, 1.82) is 0 Å². The average molecular weight is 370 g/mol. The highest BCUT2D eigenvalue weighted by Crippen LogP contribution is 2.36. The standard InChI is InChI=1S/C16H16ClNO5S/c1-22-14-8-12(17)13(9-15(14)23-2)18-16(19)10-5-4-6-11(7-10)24(3,20)21/h4-9H,1-3H3,(H,18,19). The third-order valence-corrected chi connectivity index (χ3v) is 4.67. The van der Waals surface area contributed by atoms with Gasteiger partial charge in [0.2, 0.25) is 0 Å². The van der Waals surface area contributed by atoms with Crippen LogP contribution in [0.4, 0.5) is 5.69 Å². The zero-order valence-electron chi connectivity index (χ0n) is 13.3. The Balaban J connectivity index is 2.34. The molecule has 0 heterocycles. The number of hydrogen-bond donors (Lipinski definition) is 1. The van der Waals surface area contributed by atoms with Crippen LogP contribution in [0.15, 0.2) is 41.3 Å². The molecule has 0 saturated heterocycles. The summed E-state index contributed by atoms with van der Waals surface area (Å²) in [5.41, 5.74) is 0.521. The Morgan fingerprint density at radius 3 is 2.29 bits per heavy atom. The van der Waals surface area contributed by atoms with Crippen molar-refractivity contribution in [3.63, 3.8) is 0 Å². The molecule has 0 radical (unpaired) electrons. The highest BCUT2D eigenvalue weighted by atomic mass is 35.5. The number of ether oxygens (including phenoxy) is 2. The normalized spacial score (nSPS) is 11.0. The summed E-state index contributed by atoms with van der Waals surface area (Å²) in [4.78, 5) is 12.4. The van der Waals surface area contributed by atoms with E-state index in [9.17, 15) is 13.2 Å². The van der Waals surface area contributed by atoms with E-state index in [1.807, 2.05) is 0 Å². The van der Waals surface area contributed by atoms with E-state index in [1.54, 1.807) is 0 Å². The van der Waals surface area contributed by atoms with Crippen molar-refractivity contribution in [3.8, 4) is 11.5 Å². The maximum atomic E-state index is 12.4. The van der Waals surface area contributed by atoms with Gasteiger partial charge < -0.3 is 14.8 Å². The van der Waals surface area contributed by atoms with Crippen LogP contribution in [-0.4, -0.2) is 34.8 Å². The highest BCUT2D eigenvalue weighted by Gasteiger charge is 2.15. The van der Waals surface area contributed by atoms with Gasteiger partial charge in [-0.3, -0.25) is 4.79 Å². The minimum Gasteiger partial charge on any atom is -0.493 e. The fraction of sp³-hybridized carbons (Fsp3) is 0.188. The second-order valence-electron chi connectivity index (χ2n) is 4.94. The summed E-state index contributed by atoms with van der Waals surface area (Å²) in [5.74, 6) is 0.344. The Morgan fingerprint density at radius 1 is 1.08 bits per heavy atom. The van der Waals surface area contributed by atoms with Crippen molar-refractivity contribution >= 4 is 33.0 Å². The van der Waals surface area contributed by atoms with Gasteiger partial charge in [-0.05, 0) is 18.2 Å². The maximum Gasteiger partial charge on any atom is 0.255 e. The second kappa shape index (κ2) is 7.11. The lowest BCUT2D eigenvalue weighted by Crippen LogP contribution is -2.13. The lowest BCUT2D eigenvalue weighted by Gasteiger charge is -2.13. The molecular formula is C16H16ClNO5S. The molecule has 0 bridgehead atoms. The van der Waals surface area contributed by atoms with E-state index in [4.69, 9.17) is 21.1 Å². The van der Waals surface area contributed by atoms with Crippen LogP contribution in [-0.2, 0) is 9.84 Å². The fourth-order valence-corrected chi connectivity index (χ4v) is 2.88. The van der Waals surface area contributed by atoms with Gasteiger partial charge in [0.1, 0.15) is 0 Å². The Hall–Kier alpha value is -2.25. The Labute approximate surface area is 145 Å². The summed E-state index contributed by atoms with van der Waals surface area (Å²) in [6.45, 7) is 0. The summed E-state index contributed by atoms with van der Waals surface area (Å²) in [6, 6.07) is 8.79. The first-order valence-corrected chi connectivity index (χ1v) is 9.06. The SMILES string of the molecule is COc1cc(Cl)c(NC(=O)c2cccc(S(C)(=O)=O)c2)cc1OC. The van der Waals surface area contributed by atoms with Crippen LogP contribution in [0.25, 0.3) is 0 Å². The lowest BCUT2D eigenvalue weighted by atomic mass is 10.2. The first-order valence-electron chi connectivity index (χ1n) is 6.79. The summed E-state index contributed by atoms with van der Waals surface area (Å²) in [5, 5.41) is 2.89. The van der Waals surface area contributed by atoms with Gasteiger partial charge in [0.15, 0.2) is 21.3 Å². The summed E-state index contributed by atoms with van der Waals surface area (Å²) >= 11 is 6.13. The van der Waals surface area contributed by atoms with Gasteiger partial charge in [-0.2, -0.15) is 0 Å². The van der Waals surface area contributed by atoms with Gasteiger partial charge in [-0.1, -0.05) is 17.7 Å². The number of methoxy groups -OCH3 is 2. The van der Waals surface area contributed by atoms with Crippen molar-refractivity contribution in [2.45, 2.75) is 4.90 Å². The van der Waals surface area contributed by atoms with Crippen LogP contribution in [0, 0.1) is 0 Å². The second-order valence-corrected chi connectivity index (χ2v) is 7.36. The van der Waals surface area contributed by atoms with E-state index >= 15 is 0 Å². The number of carbonyl (C=O) groups excluding carboxylic acids is 1. The number of amides is 1. The monoisotopic (exact) mass is 369 g/mol. The lowest BCUT2D eigenvalue weighted by molar-refractivity contribution is 0.102. The molecule has 2 aromatic carbocycles. The first kappa shape index (κ1) is 18.1. The molecule has 0 fully saturated rings. The predicted octanol–water partition coefficient (Wildman–Crippen LogP) is 3.01. The molecule has 2 rings (SSSR count). The van der Waals surface area contributed by atoms with Gasteiger partial charge in [0.25, 0.3) is 5.91 Å². The van der Waals surface area contributed by atoms with E-state index in [0.717, 1.165) is 6.26 Å². The Bertz CT molecular complexity index is 880. The molecule has 0 atom stereocenters. The van der Waals surface area contributed by atoms with Gasteiger partial charge in [-0.25, -0.2) is 8.42 Å². The molecule has 0 spiro atoms. The number of nitrogens with one attached hydrogen (secondary N) is 1. The largest absolute Gasteiger partial charge is 0.493 e. The zero-order valence-corrected chi connectivity index (χ0v) is 14.9. The van der Waals surface area contributed by atoms with Gasteiger partial charge in [-0.15, -0.1) is 0 Å². The summed E-state index contributed by atoms with van der Waals surface area (Å²) in [6.07, 6.45) is 1.08. The van der Waals surface area contributed by atoms with Crippen molar-refractivity contribution in [3.05, 3.63) is 47.0 Å². The first-order chi connectivity index (χ1) is 11.3. The quantitative estimate of drug-likeness (QED) is 0.876. The van der Waals surface area contributed by atoms with Crippen molar-refractivity contribution in [2.24, 2.45) is 0 Å². The number of benzene rings is 2. The molecule has 6 nitrogen and oxygen atoms in total. The van der Waals surface area contributed by atoms with Crippen LogP contribution >= 0.6 is 11.6 Å². The predicted molar refractivity (Wildman–Crippen MR) is 92.1 cm³/mol. The van der Waals surface area contributed by atoms with E-state index in [2.05, 4.69) is 5.32 Å². The van der Waals surface area contributed by atoms with Crippen LogP contribution in [0.5, 0.6) is 11.5 Å². The zero-order chi connectivity index (χ0) is 17.9. The topological polar surface area (TPSA) is 81.7 Å². The Morgan fingerprint density at radius 2 is 1.71 bits per heavy atom. The molecule has 1 amide bonds. The number of rotatable bonds is 5. The molecule has 0 aliphatic rings. The molecule has 0 saturated carbocycles. The molecule has 0 aromatic heterocycles. The molecule has 0 unspecified atom stereocenters. The molecule has 24 heavy (non-hydrogen) atoms. The van der Waals surface area contributed by atoms with E-state index in [-0.39, 0.29) is 15.5 Å². The smallest absolute Gasteiger partial charge is 0.255 e. The molecule has 2 aromatic rings. The number of anilines is 1. The Kier molecular flexibility index (Phi) is 5.36. The molecule has 0 aliphatic heterocycles. The van der Waals surface area contributed by atoms with Gasteiger partial charge >= 0.3 is 0 Å². The minimum absolute atomic E-state index is 0.0635. The van der Waals surface area contributed by atoms with Crippen LogP contribution < -0.4 is 14.8 Å². The van der Waals surface area contributed by atoms with E-state index < -0.39 is 15.7 Å². The number of hydrogen-bond acceptors (Lipinski definition) is 5. The van der Waals surface area contributed by atoms with Crippen LogP contribution in [0.3, 0.4) is 0 Å². The number of halogens is 1. The van der Waals surface area contributed by atoms with Crippen LogP contribution in [0.1, 0.15) is 10.4 Å². The molecule has 8 heteroatoms. The van der Waals surface area contributed by atoms with Crippen molar-refractivity contribution in [1.82, 2.24) is 0 Å². The van der Waals surface area contributed by atoms with E-state index in [0.29, 0.717) is 17.2 Å². The van der Waals surface area contributed by atoms with Crippen molar-refractivity contribution in [2.75, 3.05) is 25.8 Å². The highest BCUT2D eigenvalue weighted by molar-refractivity contribution is 7.90. The minimum atomic E-state index is -3.40. The fourth-order valence-electron chi connectivity index (χ4n) is 2.01. The summed E-state index contributed by atoms with van der Waals surface area (Å²) in [7, 11) is -0.462. The van der Waals surface area contributed by atoms with E-state index in [1.165, 1.54) is 50.6 Å².